The van der Waals surface area contributed by atoms with E-state index in [-0.39, 0.29) is 0 Å². The molecule has 0 radical (unpaired) electrons. The smallest absolute Gasteiger partial charge is 0.121 e. The highest BCUT2D eigenvalue weighted by atomic mass is 16.5. The molecule has 0 aliphatic rings. The lowest BCUT2D eigenvalue weighted by molar-refractivity contribution is 0.340. The molecular weight excluding hydrogens is 188 g/mol. The van der Waals surface area contributed by atoms with Gasteiger partial charge < -0.3 is 9.64 Å². The minimum atomic E-state index is 0.680. The molecule has 0 heterocycles. The minimum absolute atomic E-state index is 0.680. The van der Waals surface area contributed by atoms with E-state index in [1.165, 1.54) is 0 Å². The van der Waals surface area contributed by atoms with Crippen molar-refractivity contribution in [2.75, 3.05) is 20.7 Å². The Labute approximate surface area is 91.4 Å². The molecule has 0 amide bonds. The van der Waals surface area contributed by atoms with Crippen LogP contribution in [0.25, 0.3) is 0 Å². The first kappa shape index (κ1) is 11.6. The third-order valence-corrected chi connectivity index (χ3v) is 2.07. The van der Waals surface area contributed by atoms with Crippen LogP contribution in [0.2, 0.25) is 0 Å². The van der Waals surface area contributed by atoms with Gasteiger partial charge in [-0.2, -0.15) is 0 Å². The molecule has 0 aliphatic carbocycles. The zero-order valence-corrected chi connectivity index (χ0v) is 9.82. The van der Waals surface area contributed by atoms with Crippen LogP contribution < -0.4 is 4.74 Å². The number of ether oxygens (including phenoxy) is 1. The van der Waals surface area contributed by atoms with E-state index in [1.54, 1.807) is 0 Å². The van der Waals surface area contributed by atoms with Crippen molar-refractivity contribution in [1.29, 1.82) is 0 Å². The van der Waals surface area contributed by atoms with Gasteiger partial charge in [-0.25, -0.2) is 4.99 Å². The molecule has 15 heavy (non-hydrogen) atoms. The Morgan fingerprint density at radius 1 is 1.40 bits per heavy atom. The summed E-state index contributed by atoms with van der Waals surface area (Å²) in [7, 11) is 3.95. The number of aliphatic imine (C=N–C) groups is 1. The summed E-state index contributed by atoms with van der Waals surface area (Å²) in [5, 5.41) is 0. The van der Waals surface area contributed by atoms with E-state index >= 15 is 0 Å². The van der Waals surface area contributed by atoms with Crippen LogP contribution in [0.3, 0.4) is 0 Å². The van der Waals surface area contributed by atoms with Gasteiger partial charge in [-0.3, -0.25) is 0 Å². The Morgan fingerprint density at radius 3 is 2.73 bits per heavy atom. The normalized spacial score (nSPS) is 11.3. The van der Waals surface area contributed by atoms with Crippen molar-refractivity contribution in [3.05, 3.63) is 24.3 Å². The predicted octanol–water partition coefficient (Wildman–Crippen LogP) is 2.70. The summed E-state index contributed by atoms with van der Waals surface area (Å²) in [6, 6.07) is 7.80. The zero-order valence-electron chi connectivity index (χ0n) is 9.82. The second-order valence-electron chi connectivity index (χ2n) is 3.48. The van der Waals surface area contributed by atoms with Crippen LogP contribution in [0, 0.1) is 0 Å². The molecule has 1 rings (SSSR count). The van der Waals surface area contributed by atoms with Crippen molar-refractivity contribution in [3.63, 3.8) is 0 Å². The van der Waals surface area contributed by atoms with E-state index in [9.17, 15) is 0 Å². The maximum atomic E-state index is 5.41. The van der Waals surface area contributed by atoms with Crippen molar-refractivity contribution in [2.24, 2.45) is 4.99 Å². The van der Waals surface area contributed by atoms with E-state index in [4.69, 9.17) is 4.74 Å². The van der Waals surface area contributed by atoms with Gasteiger partial charge in [-0.05, 0) is 26.0 Å². The van der Waals surface area contributed by atoms with Gasteiger partial charge in [-0.15, -0.1) is 0 Å². The molecule has 0 aliphatic heterocycles. The zero-order chi connectivity index (χ0) is 11.3. The van der Waals surface area contributed by atoms with Gasteiger partial charge >= 0.3 is 0 Å². The molecule has 0 aromatic heterocycles. The fourth-order valence-electron chi connectivity index (χ4n) is 1.10. The number of nitrogens with zero attached hydrogens (tertiary/aromatic N) is 2. The fraction of sp³-hybridized carbons (Fsp3) is 0.417. The van der Waals surface area contributed by atoms with Crippen molar-refractivity contribution in [3.8, 4) is 5.75 Å². The molecule has 0 N–H and O–H groups in total. The first-order valence-electron chi connectivity index (χ1n) is 5.09. The molecule has 0 bridgehead atoms. The van der Waals surface area contributed by atoms with Gasteiger partial charge in [0, 0.05) is 20.2 Å². The molecule has 0 unspecified atom stereocenters. The predicted molar refractivity (Wildman–Crippen MR) is 64.1 cm³/mol. The molecule has 0 atom stereocenters. The fourth-order valence-corrected chi connectivity index (χ4v) is 1.10. The molecule has 0 fully saturated rings. The van der Waals surface area contributed by atoms with E-state index < -0.39 is 0 Å². The van der Waals surface area contributed by atoms with E-state index in [1.807, 2.05) is 57.1 Å². The molecular formula is C12H18N2O. The Kier molecular flexibility index (Phi) is 4.16. The van der Waals surface area contributed by atoms with Crippen molar-refractivity contribution < 1.29 is 4.74 Å². The standard InChI is InChI=1S/C12H18N2O/c1-5-15-12-8-6-7-11(9-12)13-10(2)14(3)4/h6-9H,5H2,1-4H3. The number of benzene rings is 1. The van der Waals surface area contributed by atoms with Crippen LogP contribution in [-0.4, -0.2) is 31.4 Å². The summed E-state index contributed by atoms with van der Waals surface area (Å²) in [5.41, 5.74) is 0.923. The van der Waals surface area contributed by atoms with Crippen LogP contribution in [0.15, 0.2) is 29.3 Å². The van der Waals surface area contributed by atoms with Gasteiger partial charge in [0.15, 0.2) is 0 Å². The highest BCUT2D eigenvalue weighted by Crippen LogP contribution is 2.20. The lowest BCUT2D eigenvalue weighted by atomic mass is 10.3. The average Bonchev–Trinajstić information content (AvgIpc) is 2.18. The van der Waals surface area contributed by atoms with Gasteiger partial charge in [-0.1, -0.05) is 6.07 Å². The first-order chi connectivity index (χ1) is 7.13. The summed E-state index contributed by atoms with van der Waals surface area (Å²) in [5.74, 6) is 1.84. The average molecular weight is 206 g/mol. The maximum absolute atomic E-state index is 5.41. The Balaban J connectivity index is 2.86. The Hall–Kier alpha value is -1.51. The van der Waals surface area contributed by atoms with Crippen LogP contribution in [-0.2, 0) is 0 Å². The summed E-state index contributed by atoms with van der Waals surface area (Å²) in [6.45, 7) is 4.63. The third kappa shape index (κ3) is 3.62. The molecule has 0 saturated carbocycles. The van der Waals surface area contributed by atoms with Crippen LogP contribution >= 0.6 is 0 Å². The quantitative estimate of drug-likeness (QED) is 0.561. The van der Waals surface area contributed by atoms with Crippen LogP contribution in [0.1, 0.15) is 13.8 Å². The largest absolute Gasteiger partial charge is 0.494 e. The lowest BCUT2D eigenvalue weighted by Gasteiger charge is -2.11. The van der Waals surface area contributed by atoms with Gasteiger partial charge in [0.05, 0.1) is 12.3 Å². The molecule has 0 saturated heterocycles. The van der Waals surface area contributed by atoms with Gasteiger partial charge in [0.25, 0.3) is 0 Å². The van der Waals surface area contributed by atoms with Crippen molar-refractivity contribution in [1.82, 2.24) is 4.90 Å². The second kappa shape index (κ2) is 5.39. The third-order valence-electron chi connectivity index (χ3n) is 2.07. The number of hydrogen-bond donors (Lipinski definition) is 0. The minimum Gasteiger partial charge on any atom is -0.494 e. The summed E-state index contributed by atoms with van der Waals surface area (Å²) >= 11 is 0. The maximum Gasteiger partial charge on any atom is 0.121 e. The Morgan fingerprint density at radius 2 is 2.13 bits per heavy atom. The number of amidine groups is 1. The van der Waals surface area contributed by atoms with E-state index in [0.717, 1.165) is 17.3 Å². The molecule has 82 valence electrons. The molecule has 0 spiro atoms. The van der Waals surface area contributed by atoms with Crippen molar-refractivity contribution in [2.45, 2.75) is 13.8 Å². The first-order valence-corrected chi connectivity index (χ1v) is 5.09. The van der Waals surface area contributed by atoms with Crippen LogP contribution in [0.4, 0.5) is 5.69 Å². The van der Waals surface area contributed by atoms with E-state index in [0.29, 0.717) is 6.61 Å². The monoisotopic (exact) mass is 206 g/mol. The Bertz CT molecular complexity index is 345. The SMILES string of the molecule is CCOc1cccc(N=C(C)N(C)C)c1. The van der Waals surface area contributed by atoms with Crippen LogP contribution in [0.5, 0.6) is 5.75 Å². The number of rotatable bonds is 3. The summed E-state index contributed by atoms with van der Waals surface area (Å²) < 4.78 is 5.41. The van der Waals surface area contributed by atoms with E-state index in [2.05, 4.69) is 4.99 Å². The van der Waals surface area contributed by atoms with Gasteiger partial charge in [0.2, 0.25) is 0 Å². The molecule has 3 nitrogen and oxygen atoms in total. The van der Waals surface area contributed by atoms with Gasteiger partial charge in [0.1, 0.15) is 11.6 Å². The summed E-state index contributed by atoms with van der Waals surface area (Å²) in [4.78, 5) is 6.44. The molecule has 1 aromatic carbocycles. The molecule has 1 aromatic rings. The topological polar surface area (TPSA) is 24.8 Å². The number of hydrogen-bond acceptors (Lipinski definition) is 2. The molecule has 3 heteroatoms. The lowest BCUT2D eigenvalue weighted by Crippen LogP contribution is -2.17. The second-order valence-corrected chi connectivity index (χ2v) is 3.48. The van der Waals surface area contributed by atoms with Crippen molar-refractivity contribution >= 4 is 11.5 Å². The highest BCUT2D eigenvalue weighted by Gasteiger charge is 1.97. The highest BCUT2D eigenvalue weighted by molar-refractivity contribution is 5.82. The summed E-state index contributed by atoms with van der Waals surface area (Å²) in [6.07, 6.45) is 0.